The van der Waals surface area contributed by atoms with Gasteiger partial charge in [0, 0.05) is 24.8 Å². The fraction of sp³-hybridized carbons (Fsp3) is 0.625. The van der Waals surface area contributed by atoms with Crippen LogP contribution in [0.15, 0.2) is 18.2 Å². The minimum atomic E-state index is -4.11. The first-order chi connectivity index (χ1) is 9.77. The first-order valence-electron chi connectivity index (χ1n) is 7.44. The van der Waals surface area contributed by atoms with Crippen LogP contribution in [0.2, 0.25) is 0 Å². The number of rotatable bonds is 3. The molecule has 2 N–H and O–H groups in total. The van der Waals surface area contributed by atoms with Crippen LogP contribution in [-0.2, 0) is 6.42 Å². The van der Waals surface area contributed by atoms with E-state index in [1.54, 1.807) is 0 Å². The largest absolute Gasteiger partial charge is 0.393 e. The van der Waals surface area contributed by atoms with Gasteiger partial charge in [0.05, 0.1) is 5.92 Å². The third kappa shape index (κ3) is 4.13. The second kappa shape index (κ2) is 6.26. The summed E-state index contributed by atoms with van der Waals surface area (Å²) in [6.07, 6.45) is -2.61. The van der Waals surface area contributed by atoms with Gasteiger partial charge >= 0.3 is 6.18 Å². The van der Waals surface area contributed by atoms with Crippen molar-refractivity contribution in [1.29, 1.82) is 0 Å². The molecule has 1 aliphatic heterocycles. The van der Waals surface area contributed by atoms with E-state index in [2.05, 4.69) is 0 Å². The van der Waals surface area contributed by atoms with Crippen LogP contribution < -0.4 is 10.6 Å². The first-order valence-corrected chi connectivity index (χ1v) is 7.44. The maximum absolute atomic E-state index is 13.0. The van der Waals surface area contributed by atoms with E-state index < -0.39 is 12.1 Å². The second-order valence-corrected chi connectivity index (χ2v) is 6.14. The molecule has 0 aromatic heterocycles. The van der Waals surface area contributed by atoms with Gasteiger partial charge in [-0.05, 0) is 44.7 Å². The van der Waals surface area contributed by atoms with Crippen LogP contribution in [0.25, 0.3) is 0 Å². The summed E-state index contributed by atoms with van der Waals surface area (Å²) in [5, 5.41) is 0. The lowest BCUT2D eigenvalue weighted by Gasteiger charge is -2.36. The predicted octanol–water partition coefficient (Wildman–Crippen LogP) is 3.66. The number of benzene rings is 1. The normalized spacial score (nSPS) is 21.4. The quantitative estimate of drug-likeness (QED) is 0.923. The fourth-order valence-electron chi connectivity index (χ4n) is 3.00. The van der Waals surface area contributed by atoms with Crippen molar-refractivity contribution < 1.29 is 13.2 Å². The Morgan fingerprint density at radius 3 is 2.71 bits per heavy atom. The Morgan fingerprint density at radius 2 is 2.10 bits per heavy atom. The van der Waals surface area contributed by atoms with Gasteiger partial charge in [0.25, 0.3) is 0 Å². The molecule has 2 nitrogen and oxygen atoms in total. The van der Waals surface area contributed by atoms with Crippen molar-refractivity contribution in [3.8, 4) is 0 Å². The number of aryl methyl sites for hydroxylation is 1. The minimum absolute atomic E-state index is 0.00578. The second-order valence-electron chi connectivity index (χ2n) is 6.14. The van der Waals surface area contributed by atoms with E-state index >= 15 is 0 Å². The van der Waals surface area contributed by atoms with E-state index in [1.807, 2.05) is 36.9 Å². The van der Waals surface area contributed by atoms with Crippen LogP contribution in [-0.4, -0.2) is 25.3 Å². The predicted molar refractivity (Wildman–Crippen MR) is 79.5 cm³/mol. The van der Waals surface area contributed by atoms with Gasteiger partial charge in [0.2, 0.25) is 0 Å². The standard InChI is InChI=1S/C16H23F3N2/c1-11-5-6-15(13(8-11)9-12(2)20)21-7-3-4-14(10-21)16(17,18)19/h5-6,8,12,14H,3-4,7,9-10,20H2,1-2H3. The number of nitrogens with two attached hydrogens (primary N) is 1. The molecule has 0 radical (unpaired) electrons. The number of hydrogen-bond acceptors (Lipinski definition) is 2. The van der Waals surface area contributed by atoms with Crippen molar-refractivity contribution in [3.63, 3.8) is 0 Å². The average Bonchev–Trinajstić information content (AvgIpc) is 2.37. The molecule has 1 fully saturated rings. The van der Waals surface area contributed by atoms with Crippen LogP contribution in [0.3, 0.4) is 0 Å². The van der Waals surface area contributed by atoms with E-state index in [0.29, 0.717) is 19.4 Å². The third-order valence-electron chi connectivity index (χ3n) is 4.00. The molecular weight excluding hydrogens is 277 g/mol. The molecule has 2 rings (SSSR count). The van der Waals surface area contributed by atoms with E-state index in [0.717, 1.165) is 16.8 Å². The van der Waals surface area contributed by atoms with Gasteiger partial charge in [-0.25, -0.2) is 0 Å². The topological polar surface area (TPSA) is 29.3 Å². The summed E-state index contributed by atoms with van der Waals surface area (Å²) in [6, 6.07) is 5.92. The lowest BCUT2D eigenvalue weighted by molar-refractivity contribution is -0.176. The summed E-state index contributed by atoms with van der Waals surface area (Å²) in [5.74, 6) is -1.23. The molecule has 118 valence electrons. The smallest absolute Gasteiger partial charge is 0.371 e. The van der Waals surface area contributed by atoms with Gasteiger partial charge in [0.15, 0.2) is 0 Å². The highest BCUT2D eigenvalue weighted by atomic mass is 19.4. The molecule has 1 aliphatic rings. The molecule has 2 unspecified atom stereocenters. The van der Waals surface area contributed by atoms with E-state index in [4.69, 9.17) is 5.73 Å². The number of halogens is 3. The number of nitrogens with zero attached hydrogens (tertiary/aromatic N) is 1. The van der Waals surface area contributed by atoms with Crippen molar-refractivity contribution in [2.45, 2.75) is 45.3 Å². The molecular formula is C16H23F3N2. The third-order valence-corrected chi connectivity index (χ3v) is 4.00. The van der Waals surface area contributed by atoms with Crippen LogP contribution >= 0.6 is 0 Å². The zero-order chi connectivity index (χ0) is 15.6. The molecule has 0 saturated carbocycles. The van der Waals surface area contributed by atoms with Crippen molar-refractivity contribution in [3.05, 3.63) is 29.3 Å². The molecule has 0 aliphatic carbocycles. The molecule has 0 spiro atoms. The van der Waals surface area contributed by atoms with Crippen LogP contribution in [0, 0.1) is 12.8 Å². The van der Waals surface area contributed by atoms with Gasteiger partial charge < -0.3 is 10.6 Å². The van der Waals surface area contributed by atoms with Crippen LogP contribution in [0.4, 0.5) is 18.9 Å². The summed E-state index contributed by atoms with van der Waals surface area (Å²) >= 11 is 0. The number of hydrogen-bond donors (Lipinski definition) is 1. The monoisotopic (exact) mass is 300 g/mol. The number of alkyl halides is 3. The Bertz CT molecular complexity index is 483. The molecule has 1 aromatic carbocycles. The summed E-state index contributed by atoms with van der Waals surface area (Å²) in [6.45, 7) is 4.64. The summed E-state index contributed by atoms with van der Waals surface area (Å²) < 4.78 is 38.9. The van der Waals surface area contributed by atoms with Gasteiger partial charge in [-0.2, -0.15) is 13.2 Å². The molecule has 1 saturated heterocycles. The van der Waals surface area contributed by atoms with Gasteiger partial charge in [-0.1, -0.05) is 17.7 Å². The summed E-state index contributed by atoms with van der Waals surface area (Å²) in [4.78, 5) is 1.87. The Balaban J connectivity index is 2.24. The van der Waals surface area contributed by atoms with Crippen LogP contribution in [0.1, 0.15) is 30.9 Å². The van der Waals surface area contributed by atoms with Crippen LogP contribution in [0.5, 0.6) is 0 Å². The SMILES string of the molecule is Cc1ccc(N2CCCC(C(F)(F)F)C2)c(CC(C)N)c1. The molecule has 0 amide bonds. The van der Waals surface area contributed by atoms with Crippen molar-refractivity contribution in [1.82, 2.24) is 0 Å². The van der Waals surface area contributed by atoms with Gasteiger partial charge in [-0.3, -0.25) is 0 Å². The Hall–Kier alpha value is -1.23. The maximum atomic E-state index is 13.0. The molecule has 21 heavy (non-hydrogen) atoms. The van der Waals surface area contributed by atoms with Crippen molar-refractivity contribution in [2.75, 3.05) is 18.0 Å². The fourth-order valence-corrected chi connectivity index (χ4v) is 3.00. The summed E-state index contributed by atoms with van der Waals surface area (Å²) in [7, 11) is 0. The zero-order valence-corrected chi connectivity index (χ0v) is 12.6. The molecule has 1 aromatic rings. The molecule has 1 heterocycles. The number of piperidine rings is 1. The first kappa shape index (κ1) is 16.1. The van der Waals surface area contributed by atoms with Gasteiger partial charge in [-0.15, -0.1) is 0 Å². The summed E-state index contributed by atoms with van der Waals surface area (Å²) in [5.41, 5.74) is 8.94. The lowest BCUT2D eigenvalue weighted by Crippen LogP contribution is -2.42. The Kier molecular flexibility index (Phi) is 4.81. The zero-order valence-electron chi connectivity index (χ0n) is 12.6. The number of anilines is 1. The van der Waals surface area contributed by atoms with Gasteiger partial charge in [0.1, 0.15) is 0 Å². The highest BCUT2D eigenvalue weighted by Gasteiger charge is 2.42. The van der Waals surface area contributed by atoms with E-state index in [-0.39, 0.29) is 19.0 Å². The van der Waals surface area contributed by atoms with Crippen molar-refractivity contribution >= 4 is 5.69 Å². The molecule has 0 bridgehead atoms. The Morgan fingerprint density at radius 1 is 1.38 bits per heavy atom. The average molecular weight is 300 g/mol. The highest BCUT2D eigenvalue weighted by molar-refractivity contribution is 5.55. The highest BCUT2D eigenvalue weighted by Crippen LogP contribution is 2.36. The molecule has 2 atom stereocenters. The van der Waals surface area contributed by atoms with E-state index in [9.17, 15) is 13.2 Å². The lowest BCUT2D eigenvalue weighted by atomic mass is 9.95. The maximum Gasteiger partial charge on any atom is 0.393 e. The van der Waals surface area contributed by atoms with Crippen molar-refractivity contribution in [2.24, 2.45) is 11.7 Å². The Labute approximate surface area is 124 Å². The van der Waals surface area contributed by atoms with E-state index in [1.165, 1.54) is 0 Å². The minimum Gasteiger partial charge on any atom is -0.371 e. The molecule has 5 heteroatoms.